The number of nitrogens with two attached hydrogens (primary N) is 1. The molecule has 1 unspecified atom stereocenters. The van der Waals surface area contributed by atoms with Crippen LogP contribution in [0.3, 0.4) is 0 Å². The zero-order valence-electron chi connectivity index (χ0n) is 10.6. The number of pyridine rings is 1. The molecule has 2 aromatic heterocycles. The Hall–Kier alpha value is -2.33. The Kier molecular flexibility index (Phi) is 2.93. The quantitative estimate of drug-likeness (QED) is 0.758. The highest BCUT2D eigenvalue weighted by Crippen LogP contribution is 2.25. The minimum absolute atomic E-state index is 0.257. The first-order chi connectivity index (χ1) is 9.25. The first-order valence-corrected chi connectivity index (χ1v) is 6.13. The van der Waals surface area contributed by atoms with Crippen LogP contribution < -0.4 is 5.73 Å². The van der Waals surface area contributed by atoms with E-state index in [9.17, 15) is 0 Å². The fourth-order valence-electron chi connectivity index (χ4n) is 2.23. The van der Waals surface area contributed by atoms with E-state index in [1.54, 1.807) is 12.4 Å². The monoisotopic (exact) mass is 250 g/mol. The second-order valence-corrected chi connectivity index (χ2v) is 4.45. The lowest BCUT2D eigenvalue weighted by atomic mass is 9.98. The third kappa shape index (κ3) is 2.18. The second kappa shape index (κ2) is 4.74. The molecule has 0 amide bonds. The number of fused-ring (bicyclic) bond motifs is 1. The highest BCUT2D eigenvalue weighted by molar-refractivity contribution is 5.85. The number of hydrogen-bond donors (Lipinski definition) is 1. The van der Waals surface area contributed by atoms with E-state index in [1.165, 1.54) is 0 Å². The van der Waals surface area contributed by atoms with E-state index in [1.807, 2.05) is 43.5 Å². The Bertz CT molecular complexity index is 719. The van der Waals surface area contributed by atoms with Crippen molar-refractivity contribution < 1.29 is 0 Å². The van der Waals surface area contributed by atoms with E-state index in [-0.39, 0.29) is 6.04 Å². The lowest BCUT2D eigenvalue weighted by Crippen LogP contribution is -2.14. The molecule has 94 valence electrons. The van der Waals surface area contributed by atoms with Gasteiger partial charge in [-0.2, -0.15) is 0 Å². The summed E-state index contributed by atoms with van der Waals surface area (Å²) in [6, 6.07) is 9.64. The smallest absolute Gasteiger partial charge is 0.125 e. The lowest BCUT2D eigenvalue weighted by Gasteiger charge is -2.14. The maximum Gasteiger partial charge on any atom is 0.125 e. The predicted octanol–water partition coefficient (Wildman–Crippen LogP) is 2.38. The van der Waals surface area contributed by atoms with Crippen molar-refractivity contribution in [2.24, 2.45) is 5.73 Å². The molecule has 0 spiro atoms. The fourth-order valence-corrected chi connectivity index (χ4v) is 2.23. The number of benzene rings is 1. The molecule has 0 aliphatic rings. The summed E-state index contributed by atoms with van der Waals surface area (Å²) in [6.07, 6.45) is 5.37. The van der Waals surface area contributed by atoms with Gasteiger partial charge in [0.2, 0.25) is 0 Å². The average Bonchev–Trinajstić information content (AvgIpc) is 2.46. The van der Waals surface area contributed by atoms with E-state index in [4.69, 9.17) is 5.73 Å². The van der Waals surface area contributed by atoms with Crippen molar-refractivity contribution in [1.29, 1.82) is 0 Å². The zero-order valence-corrected chi connectivity index (χ0v) is 10.6. The van der Waals surface area contributed by atoms with Crippen molar-refractivity contribution in [3.63, 3.8) is 0 Å². The van der Waals surface area contributed by atoms with Gasteiger partial charge in [0.15, 0.2) is 0 Å². The summed E-state index contributed by atoms with van der Waals surface area (Å²) in [5.74, 6) is 0.731. The van der Waals surface area contributed by atoms with Gasteiger partial charge in [-0.25, -0.2) is 9.97 Å². The van der Waals surface area contributed by atoms with Gasteiger partial charge in [-0.1, -0.05) is 18.2 Å². The van der Waals surface area contributed by atoms with Crippen LogP contribution in [0.25, 0.3) is 10.8 Å². The van der Waals surface area contributed by atoms with E-state index in [2.05, 4.69) is 15.0 Å². The molecule has 0 aliphatic heterocycles. The molecule has 4 nitrogen and oxygen atoms in total. The largest absolute Gasteiger partial charge is 0.319 e. The van der Waals surface area contributed by atoms with Crippen LogP contribution in [0, 0.1) is 6.92 Å². The highest BCUT2D eigenvalue weighted by atomic mass is 14.9. The predicted molar refractivity (Wildman–Crippen MR) is 74.5 cm³/mol. The number of hydrogen-bond acceptors (Lipinski definition) is 4. The highest BCUT2D eigenvalue weighted by Gasteiger charge is 2.13. The van der Waals surface area contributed by atoms with Crippen LogP contribution in [0.1, 0.15) is 23.1 Å². The van der Waals surface area contributed by atoms with Crippen molar-refractivity contribution in [1.82, 2.24) is 15.0 Å². The third-order valence-electron chi connectivity index (χ3n) is 3.17. The maximum atomic E-state index is 6.34. The molecule has 0 saturated heterocycles. The van der Waals surface area contributed by atoms with Gasteiger partial charge in [-0.15, -0.1) is 0 Å². The Morgan fingerprint density at radius 2 is 2.00 bits per heavy atom. The normalized spacial score (nSPS) is 12.5. The van der Waals surface area contributed by atoms with Crippen LogP contribution in [-0.4, -0.2) is 15.0 Å². The number of aromatic nitrogens is 3. The summed E-state index contributed by atoms with van der Waals surface area (Å²) in [4.78, 5) is 12.6. The summed E-state index contributed by atoms with van der Waals surface area (Å²) in [6.45, 7) is 1.86. The van der Waals surface area contributed by atoms with E-state index >= 15 is 0 Å². The van der Waals surface area contributed by atoms with Crippen molar-refractivity contribution >= 4 is 10.8 Å². The molecule has 3 aromatic rings. The number of aryl methyl sites for hydroxylation is 1. The Balaban J connectivity index is 2.14. The van der Waals surface area contributed by atoms with E-state index in [0.717, 1.165) is 27.9 Å². The van der Waals surface area contributed by atoms with Crippen LogP contribution in [0.4, 0.5) is 0 Å². The molecule has 0 fully saturated rings. The van der Waals surface area contributed by atoms with E-state index in [0.29, 0.717) is 0 Å². The standard InChI is InChI=1S/C15H14N4/c1-10-18-8-6-14(19-10)15(16)13-4-2-3-11-9-17-7-5-12(11)13/h2-9,15H,16H2,1H3. The van der Waals surface area contributed by atoms with Crippen LogP contribution >= 0.6 is 0 Å². The van der Waals surface area contributed by atoms with Gasteiger partial charge in [0.1, 0.15) is 5.82 Å². The maximum absolute atomic E-state index is 6.34. The molecule has 0 aliphatic carbocycles. The molecule has 1 aromatic carbocycles. The van der Waals surface area contributed by atoms with Gasteiger partial charge in [-0.3, -0.25) is 4.98 Å². The van der Waals surface area contributed by atoms with E-state index < -0.39 is 0 Å². The van der Waals surface area contributed by atoms with Gasteiger partial charge >= 0.3 is 0 Å². The molecule has 19 heavy (non-hydrogen) atoms. The van der Waals surface area contributed by atoms with Crippen molar-refractivity contribution in [3.05, 3.63) is 66.0 Å². The molecule has 1 atom stereocenters. The molecule has 0 radical (unpaired) electrons. The molecule has 4 heteroatoms. The van der Waals surface area contributed by atoms with Gasteiger partial charge in [0, 0.05) is 24.0 Å². The number of rotatable bonds is 2. The minimum Gasteiger partial charge on any atom is -0.319 e. The molecule has 0 bridgehead atoms. The summed E-state index contributed by atoms with van der Waals surface area (Å²) in [5.41, 5.74) is 8.22. The first-order valence-electron chi connectivity index (χ1n) is 6.13. The molecular formula is C15H14N4. The summed E-state index contributed by atoms with van der Waals surface area (Å²) >= 11 is 0. The van der Waals surface area contributed by atoms with Crippen LogP contribution in [0.5, 0.6) is 0 Å². The molecule has 3 rings (SSSR count). The summed E-state index contributed by atoms with van der Waals surface area (Å²) in [7, 11) is 0. The Morgan fingerprint density at radius 3 is 2.84 bits per heavy atom. The topological polar surface area (TPSA) is 64.7 Å². The molecule has 2 heterocycles. The third-order valence-corrected chi connectivity index (χ3v) is 3.17. The average molecular weight is 250 g/mol. The van der Waals surface area contributed by atoms with Gasteiger partial charge in [-0.05, 0) is 30.0 Å². The molecule has 0 saturated carbocycles. The Labute approximate surface area is 111 Å². The summed E-state index contributed by atoms with van der Waals surface area (Å²) in [5, 5.41) is 2.20. The first kappa shape index (κ1) is 11.7. The minimum atomic E-state index is -0.257. The van der Waals surface area contributed by atoms with Crippen molar-refractivity contribution in [2.45, 2.75) is 13.0 Å². The molecular weight excluding hydrogens is 236 g/mol. The number of nitrogens with zero attached hydrogens (tertiary/aromatic N) is 3. The summed E-state index contributed by atoms with van der Waals surface area (Å²) < 4.78 is 0. The lowest BCUT2D eigenvalue weighted by molar-refractivity contribution is 0.813. The molecule has 2 N–H and O–H groups in total. The van der Waals surface area contributed by atoms with Gasteiger partial charge in [0.25, 0.3) is 0 Å². The van der Waals surface area contributed by atoms with Gasteiger partial charge < -0.3 is 5.73 Å². The van der Waals surface area contributed by atoms with Crippen molar-refractivity contribution in [2.75, 3.05) is 0 Å². The fraction of sp³-hybridized carbons (Fsp3) is 0.133. The van der Waals surface area contributed by atoms with Crippen LogP contribution in [0.15, 0.2) is 48.9 Å². The van der Waals surface area contributed by atoms with Crippen LogP contribution in [0.2, 0.25) is 0 Å². The van der Waals surface area contributed by atoms with Crippen molar-refractivity contribution in [3.8, 4) is 0 Å². The van der Waals surface area contributed by atoms with Gasteiger partial charge in [0.05, 0.1) is 11.7 Å². The second-order valence-electron chi connectivity index (χ2n) is 4.45. The Morgan fingerprint density at radius 1 is 1.11 bits per heavy atom. The zero-order chi connectivity index (χ0) is 13.2. The van der Waals surface area contributed by atoms with Crippen LogP contribution in [-0.2, 0) is 0 Å². The SMILES string of the molecule is Cc1nccc(C(N)c2cccc3cnccc23)n1.